The van der Waals surface area contributed by atoms with Crippen molar-refractivity contribution in [2.75, 3.05) is 0 Å². The lowest BCUT2D eigenvalue weighted by molar-refractivity contribution is 1.26. The maximum Gasteiger partial charge on any atom is 0.0988 e. The third-order valence-corrected chi connectivity index (χ3v) is 8.92. The van der Waals surface area contributed by atoms with Gasteiger partial charge in [0, 0.05) is 23.5 Å². The van der Waals surface area contributed by atoms with Gasteiger partial charge in [-0.1, -0.05) is 109 Å². The molecule has 0 aliphatic carbocycles. The van der Waals surface area contributed by atoms with Crippen LogP contribution in [0.15, 0.2) is 180 Å². The minimum atomic E-state index is 0.777. The summed E-state index contributed by atoms with van der Waals surface area (Å²) in [5.41, 5.74) is 11.0. The van der Waals surface area contributed by atoms with E-state index in [0.29, 0.717) is 0 Å². The summed E-state index contributed by atoms with van der Waals surface area (Å²) in [6.07, 6.45) is 3.74. The third-order valence-electron chi connectivity index (χ3n) is 8.92. The first kappa shape index (κ1) is 27.8. The molecule has 0 bridgehead atoms. The summed E-state index contributed by atoms with van der Waals surface area (Å²) in [6, 6.07) is 54.6. The molecule has 9 rings (SSSR count). The van der Waals surface area contributed by atoms with Crippen molar-refractivity contribution >= 4 is 44.3 Å². The van der Waals surface area contributed by atoms with Gasteiger partial charge in [-0.05, 0) is 92.3 Å². The zero-order valence-electron chi connectivity index (χ0n) is 26.0. The van der Waals surface area contributed by atoms with Crippen LogP contribution < -0.4 is 0 Å². The van der Waals surface area contributed by atoms with Crippen molar-refractivity contribution in [2.45, 2.75) is 0 Å². The Kier molecular flexibility index (Phi) is 6.76. The van der Waals surface area contributed by atoms with Gasteiger partial charge in [-0.15, -0.1) is 0 Å². The van der Waals surface area contributed by atoms with E-state index in [0.717, 1.165) is 89.1 Å². The Hall–Kier alpha value is -6.52. The highest BCUT2D eigenvalue weighted by molar-refractivity contribution is 6.24. The monoisotopic (exact) mass is 612 g/mol. The van der Waals surface area contributed by atoms with Crippen molar-refractivity contribution in [3.05, 3.63) is 193 Å². The number of rotatable bonds is 4. The second-order valence-corrected chi connectivity index (χ2v) is 11.9. The molecule has 0 atom stereocenters. The first-order chi connectivity index (χ1) is 23.8. The van der Waals surface area contributed by atoms with E-state index >= 15 is 0 Å². The standard InChI is InChI=1S/C44H28N4/c1-3-11-29(12-4-1)35-19-21-45-41(27-35)43-37-23-31-15-7-9-17-33(31)25-39(37)48-44(38-24-32-16-8-10-18-34(32)26-40(38)47-43)42-28-36(20-22-46-42)30-13-5-2-6-14-30/h1-28H/b43-37?,44-38?,47-40?,47-43+,48-39?,48-44+. The topological polar surface area (TPSA) is 50.5 Å². The van der Waals surface area contributed by atoms with Crippen molar-refractivity contribution in [3.8, 4) is 22.3 Å². The summed E-state index contributed by atoms with van der Waals surface area (Å²) in [5.74, 6) is 0. The fraction of sp³-hybridized carbons (Fsp3) is 0. The smallest absolute Gasteiger partial charge is 0.0988 e. The molecular formula is C44H28N4. The molecule has 0 unspecified atom stereocenters. The van der Waals surface area contributed by atoms with Gasteiger partial charge >= 0.3 is 0 Å². The molecule has 4 heteroatoms. The van der Waals surface area contributed by atoms with Gasteiger partial charge in [0.05, 0.1) is 34.2 Å². The van der Waals surface area contributed by atoms with Gasteiger partial charge < -0.3 is 0 Å². The van der Waals surface area contributed by atoms with Gasteiger partial charge in [-0.3, -0.25) is 9.97 Å². The average molecular weight is 613 g/mol. The molecule has 0 spiro atoms. The van der Waals surface area contributed by atoms with E-state index in [1.165, 1.54) is 0 Å². The van der Waals surface area contributed by atoms with Gasteiger partial charge in [-0.2, -0.15) is 0 Å². The lowest BCUT2D eigenvalue weighted by Crippen LogP contribution is -2.12. The van der Waals surface area contributed by atoms with Crippen LogP contribution >= 0.6 is 0 Å². The molecule has 0 radical (unpaired) electrons. The zero-order chi connectivity index (χ0) is 31.9. The predicted octanol–water partition coefficient (Wildman–Crippen LogP) is 10.8. The summed E-state index contributed by atoms with van der Waals surface area (Å²) in [4.78, 5) is 20.8. The number of hydrogen-bond donors (Lipinski definition) is 0. The number of hydrogen-bond acceptors (Lipinski definition) is 4. The first-order valence-electron chi connectivity index (χ1n) is 16.0. The maximum atomic E-state index is 5.50. The van der Waals surface area contributed by atoms with Gasteiger partial charge in [0.25, 0.3) is 0 Å². The fourth-order valence-electron chi connectivity index (χ4n) is 6.51. The van der Waals surface area contributed by atoms with Crippen LogP contribution in [-0.2, 0) is 0 Å². The van der Waals surface area contributed by atoms with E-state index in [4.69, 9.17) is 20.0 Å². The Bertz CT molecular complexity index is 2370. The Balaban J connectivity index is 1.34. The minimum absolute atomic E-state index is 0.777. The molecule has 48 heavy (non-hydrogen) atoms. The van der Waals surface area contributed by atoms with E-state index in [9.17, 15) is 0 Å². The van der Waals surface area contributed by atoms with E-state index in [-0.39, 0.29) is 0 Å². The van der Waals surface area contributed by atoms with Gasteiger partial charge in [0.2, 0.25) is 0 Å². The van der Waals surface area contributed by atoms with Crippen LogP contribution in [0.1, 0.15) is 22.5 Å². The lowest BCUT2D eigenvalue weighted by atomic mass is 9.94. The average Bonchev–Trinajstić information content (AvgIpc) is 3.15. The van der Waals surface area contributed by atoms with Gasteiger partial charge in [0.1, 0.15) is 0 Å². The lowest BCUT2D eigenvalue weighted by Gasteiger charge is -2.19. The Labute approximate surface area is 278 Å². The highest BCUT2D eigenvalue weighted by Gasteiger charge is 2.23. The number of aliphatic imine (C=N–C) groups is 2. The van der Waals surface area contributed by atoms with Crippen LogP contribution in [0.2, 0.25) is 0 Å². The summed E-state index contributed by atoms with van der Waals surface area (Å²) >= 11 is 0. The van der Waals surface area contributed by atoms with E-state index in [1.807, 2.05) is 36.7 Å². The van der Waals surface area contributed by atoms with Crippen LogP contribution in [0, 0.1) is 0 Å². The van der Waals surface area contributed by atoms with Crippen molar-refractivity contribution in [1.82, 2.24) is 9.97 Å². The molecule has 8 aromatic rings. The van der Waals surface area contributed by atoms with Crippen molar-refractivity contribution in [1.29, 1.82) is 0 Å². The first-order valence-corrected chi connectivity index (χ1v) is 16.0. The van der Waals surface area contributed by atoms with Gasteiger partial charge in [0.15, 0.2) is 0 Å². The van der Waals surface area contributed by atoms with Crippen LogP contribution in [-0.4, -0.2) is 21.4 Å². The highest BCUT2D eigenvalue weighted by atomic mass is 14.9. The molecule has 0 amide bonds. The van der Waals surface area contributed by atoms with Crippen molar-refractivity contribution in [2.24, 2.45) is 9.98 Å². The zero-order valence-corrected chi connectivity index (χ0v) is 26.0. The Morgan fingerprint density at radius 2 is 0.688 bits per heavy atom. The van der Waals surface area contributed by atoms with E-state index < -0.39 is 0 Å². The van der Waals surface area contributed by atoms with Crippen LogP contribution in [0.3, 0.4) is 0 Å². The predicted molar refractivity (Wildman–Crippen MR) is 198 cm³/mol. The largest absolute Gasteiger partial charge is 0.255 e. The fourth-order valence-corrected chi connectivity index (χ4v) is 6.51. The third kappa shape index (κ3) is 5.06. The van der Waals surface area contributed by atoms with Gasteiger partial charge in [-0.25, -0.2) is 9.98 Å². The molecular weight excluding hydrogens is 585 g/mol. The van der Waals surface area contributed by atoms with Crippen LogP contribution in [0.4, 0.5) is 11.4 Å². The van der Waals surface area contributed by atoms with E-state index in [1.54, 1.807) is 0 Å². The molecule has 1 aliphatic heterocycles. The summed E-state index contributed by atoms with van der Waals surface area (Å²) in [7, 11) is 0. The summed E-state index contributed by atoms with van der Waals surface area (Å²) in [6.45, 7) is 0. The molecule has 6 aromatic carbocycles. The molecule has 3 heterocycles. The molecule has 4 nitrogen and oxygen atoms in total. The number of nitrogens with zero attached hydrogens (tertiary/aromatic N) is 4. The number of benzene rings is 6. The van der Waals surface area contributed by atoms with E-state index in [2.05, 4.69) is 133 Å². The van der Waals surface area contributed by atoms with Crippen molar-refractivity contribution in [3.63, 3.8) is 0 Å². The number of pyridine rings is 2. The second-order valence-electron chi connectivity index (χ2n) is 11.9. The Morgan fingerprint density at radius 1 is 0.312 bits per heavy atom. The Morgan fingerprint density at radius 3 is 1.10 bits per heavy atom. The van der Waals surface area contributed by atoms with Crippen molar-refractivity contribution < 1.29 is 0 Å². The maximum absolute atomic E-state index is 5.50. The molecule has 0 saturated carbocycles. The summed E-state index contributed by atoms with van der Waals surface area (Å²) < 4.78 is 0. The number of fused-ring (bicyclic) bond motifs is 4. The summed E-state index contributed by atoms with van der Waals surface area (Å²) in [5, 5.41) is 4.44. The van der Waals surface area contributed by atoms with Crippen LogP contribution in [0.25, 0.3) is 43.8 Å². The highest BCUT2D eigenvalue weighted by Crippen LogP contribution is 2.38. The quantitative estimate of drug-likeness (QED) is 0.199. The minimum Gasteiger partial charge on any atom is -0.255 e. The molecule has 0 N–H and O–H groups in total. The molecule has 2 aromatic heterocycles. The SMILES string of the molecule is c1ccc(-c2ccnc(/C3=N/c4cc5ccccc5cc4/C(c4cc(-c5ccccc5)ccn4)=N\c4cc5ccccc5cc43)c2)cc1. The molecule has 1 aliphatic rings. The second kappa shape index (κ2) is 11.7. The molecule has 0 fully saturated rings. The normalized spacial score (nSPS) is 14.6. The van der Waals surface area contributed by atoms with Crippen LogP contribution in [0.5, 0.6) is 0 Å². The number of aromatic nitrogens is 2. The molecule has 0 saturated heterocycles. The molecule has 224 valence electrons.